The summed E-state index contributed by atoms with van der Waals surface area (Å²) in [5.41, 5.74) is 0. The SMILES string of the molecule is CCC(CC)C(CNC(=NC)NCCN1CCOCC1)N1CCOCC1.I. The monoisotopic (exact) mass is 497 g/mol. The number of guanidine groups is 1. The lowest BCUT2D eigenvalue weighted by Gasteiger charge is -2.39. The van der Waals surface area contributed by atoms with Gasteiger partial charge in [-0.15, -0.1) is 24.0 Å². The van der Waals surface area contributed by atoms with Crippen LogP contribution < -0.4 is 10.6 Å². The molecule has 0 saturated carbocycles. The zero-order valence-electron chi connectivity index (χ0n) is 17.4. The van der Waals surface area contributed by atoms with E-state index in [9.17, 15) is 0 Å². The molecule has 7 nitrogen and oxygen atoms in total. The quantitative estimate of drug-likeness (QED) is 0.284. The second kappa shape index (κ2) is 14.8. The number of ether oxygens (including phenoxy) is 2. The molecule has 0 aliphatic carbocycles. The summed E-state index contributed by atoms with van der Waals surface area (Å²) in [5, 5.41) is 7.03. The fourth-order valence-corrected chi connectivity index (χ4v) is 3.91. The number of hydrogen-bond donors (Lipinski definition) is 2. The normalized spacial score (nSPS) is 21.0. The first-order valence-electron chi connectivity index (χ1n) is 10.3. The van der Waals surface area contributed by atoms with E-state index in [2.05, 4.69) is 39.3 Å². The standard InChI is InChI=1S/C19H39N5O2.HI/c1-4-17(5-2)18(24-10-14-26-15-11-24)16-22-19(20-3)21-6-7-23-8-12-25-13-9-23;/h17-18H,4-16H2,1-3H3,(H2,20,21,22);1H. The molecule has 2 aliphatic heterocycles. The number of aliphatic imine (C=N–C) groups is 1. The van der Waals surface area contributed by atoms with Gasteiger partial charge in [-0.3, -0.25) is 14.8 Å². The minimum absolute atomic E-state index is 0. The number of nitrogens with zero attached hydrogens (tertiary/aromatic N) is 3. The van der Waals surface area contributed by atoms with E-state index in [-0.39, 0.29) is 24.0 Å². The summed E-state index contributed by atoms with van der Waals surface area (Å²) in [5.74, 6) is 1.61. The minimum atomic E-state index is 0. The van der Waals surface area contributed by atoms with Crippen LogP contribution in [-0.4, -0.2) is 101 Å². The molecule has 2 N–H and O–H groups in total. The molecule has 2 saturated heterocycles. The van der Waals surface area contributed by atoms with Gasteiger partial charge in [0.25, 0.3) is 0 Å². The maximum Gasteiger partial charge on any atom is 0.191 e. The summed E-state index contributed by atoms with van der Waals surface area (Å²) in [4.78, 5) is 9.43. The molecule has 0 bridgehead atoms. The predicted molar refractivity (Wildman–Crippen MR) is 122 cm³/mol. The van der Waals surface area contributed by atoms with Crippen molar-refractivity contribution in [1.29, 1.82) is 0 Å². The molecule has 0 radical (unpaired) electrons. The van der Waals surface area contributed by atoms with Crippen LogP contribution in [0.3, 0.4) is 0 Å². The van der Waals surface area contributed by atoms with Gasteiger partial charge in [0.2, 0.25) is 0 Å². The van der Waals surface area contributed by atoms with E-state index < -0.39 is 0 Å². The first-order valence-corrected chi connectivity index (χ1v) is 10.3. The van der Waals surface area contributed by atoms with Crippen LogP contribution in [-0.2, 0) is 9.47 Å². The summed E-state index contributed by atoms with van der Waals surface area (Å²) in [6.45, 7) is 15.0. The molecule has 0 spiro atoms. The lowest BCUT2D eigenvalue weighted by Crippen LogP contribution is -2.53. The fourth-order valence-electron chi connectivity index (χ4n) is 3.91. The molecule has 0 amide bonds. The molecule has 0 aromatic rings. The van der Waals surface area contributed by atoms with Crippen molar-refractivity contribution in [3.05, 3.63) is 0 Å². The maximum absolute atomic E-state index is 5.54. The Kier molecular flexibility index (Phi) is 13.6. The molecule has 160 valence electrons. The van der Waals surface area contributed by atoms with Gasteiger partial charge in [-0.1, -0.05) is 26.7 Å². The molecule has 2 heterocycles. The molecule has 2 fully saturated rings. The smallest absolute Gasteiger partial charge is 0.191 e. The van der Waals surface area contributed by atoms with E-state index in [1.54, 1.807) is 0 Å². The lowest BCUT2D eigenvalue weighted by atomic mass is 9.92. The predicted octanol–water partition coefficient (Wildman–Crippen LogP) is 1.24. The first-order chi connectivity index (χ1) is 12.8. The summed E-state index contributed by atoms with van der Waals surface area (Å²) in [7, 11) is 1.85. The Hall–Kier alpha value is -0.160. The summed E-state index contributed by atoms with van der Waals surface area (Å²) in [6.07, 6.45) is 2.42. The van der Waals surface area contributed by atoms with Gasteiger partial charge in [-0.05, 0) is 5.92 Å². The molecule has 0 aromatic carbocycles. The maximum atomic E-state index is 5.54. The van der Waals surface area contributed by atoms with Crippen LogP contribution in [0.4, 0.5) is 0 Å². The number of hydrogen-bond acceptors (Lipinski definition) is 5. The average Bonchev–Trinajstić information content (AvgIpc) is 2.71. The van der Waals surface area contributed by atoms with E-state index in [4.69, 9.17) is 9.47 Å². The van der Waals surface area contributed by atoms with Crippen LogP contribution in [0.1, 0.15) is 26.7 Å². The van der Waals surface area contributed by atoms with Gasteiger partial charge in [0.15, 0.2) is 5.96 Å². The zero-order valence-corrected chi connectivity index (χ0v) is 19.7. The molecule has 2 aliphatic rings. The number of halogens is 1. The van der Waals surface area contributed by atoms with Crippen molar-refractivity contribution < 1.29 is 9.47 Å². The van der Waals surface area contributed by atoms with Gasteiger partial charge in [0.05, 0.1) is 26.4 Å². The van der Waals surface area contributed by atoms with E-state index in [0.717, 1.165) is 78.2 Å². The highest BCUT2D eigenvalue weighted by Gasteiger charge is 2.27. The van der Waals surface area contributed by atoms with Gasteiger partial charge < -0.3 is 20.1 Å². The Morgan fingerprint density at radius 2 is 1.56 bits per heavy atom. The lowest BCUT2D eigenvalue weighted by molar-refractivity contribution is 0.00271. The largest absolute Gasteiger partial charge is 0.379 e. The van der Waals surface area contributed by atoms with Crippen molar-refractivity contribution >= 4 is 29.9 Å². The molecule has 1 unspecified atom stereocenters. The third-order valence-electron chi connectivity index (χ3n) is 5.63. The van der Waals surface area contributed by atoms with Crippen molar-refractivity contribution in [3.8, 4) is 0 Å². The average molecular weight is 497 g/mol. The topological polar surface area (TPSA) is 61.4 Å². The molecule has 27 heavy (non-hydrogen) atoms. The summed E-state index contributed by atoms with van der Waals surface area (Å²) >= 11 is 0. The van der Waals surface area contributed by atoms with Gasteiger partial charge >= 0.3 is 0 Å². The van der Waals surface area contributed by atoms with Crippen LogP contribution in [0, 0.1) is 5.92 Å². The second-order valence-electron chi connectivity index (χ2n) is 7.13. The Bertz CT molecular complexity index is 398. The number of morpholine rings is 2. The van der Waals surface area contributed by atoms with Crippen LogP contribution in [0.2, 0.25) is 0 Å². The summed E-state index contributed by atoms with van der Waals surface area (Å²) < 4.78 is 10.9. The summed E-state index contributed by atoms with van der Waals surface area (Å²) in [6, 6.07) is 0.534. The van der Waals surface area contributed by atoms with Crippen LogP contribution >= 0.6 is 24.0 Å². The molecule has 2 rings (SSSR count). The molecule has 8 heteroatoms. The van der Waals surface area contributed by atoms with Crippen LogP contribution in [0.5, 0.6) is 0 Å². The van der Waals surface area contributed by atoms with E-state index >= 15 is 0 Å². The van der Waals surface area contributed by atoms with Gasteiger partial charge in [-0.25, -0.2) is 0 Å². The minimum Gasteiger partial charge on any atom is -0.379 e. The third kappa shape index (κ3) is 8.81. The molecular formula is C19H40IN5O2. The highest BCUT2D eigenvalue weighted by Crippen LogP contribution is 2.19. The van der Waals surface area contributed by atoms with Crippen molar-refractivity contribution in [3.63, 3.8) is 0 Å². The Labute approximate surface area is 182 Å². The van der Waals surface area contributed by atoms with Crippen LogP contribution in [0.15, 0.2) is 4.99 Å². The number of rotatable bonds is 9. The Balaban J connectivity index is 0.00000364. The molecular weight excluding hydrogens is 457 g/mol. The van der Waals surface area contributed by atoms with Crippen LogP contribution in [0.25, 0.3) is 0 Å². The van der Waals surface area contributed by atoms with Crippen molar-refractivity contribution in [2.24, 2.45) is 10.9 Å². The molecule has 0 aromatic heterocycles. The van der Waals surface area contributed by atoms with Crippen molar-refractivity contribution in [2.75, 3.05) is 79.3 Å². The van der Waals surface area contributed by atoms with Gasteiger partial charge in [-0.2, -0.15) is 0 Å². The zero-order chi connectivity index (χ0) is 18.6. The highest BCUT2D eigenvalue weighted by atomic mass is 127. The number of nitrogens with one attached hydrogen (secondary N) is 2. The van der Waals surface area contributed by atoms with Gasteiger partial charge in [0.1, 0.15) is 0 Å². The van der Waals surface area contributed by atoms with E-state index in [1.165, 1.54) is 12.8 Å². The third-order valence-corrected chi connectivity index (χ3v) is 5.63. The first kappa shape index (κ1) is 24.9. The second-order valence-corrected chi connectivity index (χ2v) is 7.13. The fraction of sp³-hybridized carbons (Fsp3) is 0.947. The van der Waals surface area contributed by atoms with E-state index in [1.807, 2.05) is 7.05 Å². The van der Waals surface area contributed by atoms with Crippen molar-refractivity contribution in [2.45, 2.75) is 32.7 Å². The Morgan fingerprint density at radius 3 is 2.11 bits per heavy atom. The Morgan fingerprint density at radius 1 is 0.963 bits per heavy atom. The molecule has 1 atom stereocenters. The van der Waals surface area contributed by atoms with E-state index in [0.29, 0.717) is 12.0 Å². The van der Waals surface area contributed by atoms with Crippen molar-refractivity contribution in [1.82, 2.24) is 20.4 Å². The highest BCUT2D eigenvalue weighted by molar-refractivity contribution is 14.0. The van der Waals surface area contributed by atoms with Gasteiger partial charge in [0, 0.05) is 58.9 Å².